The SMILES string of the molecule is C[Si](C)(C)CCOCn1cc(Sc2ccccc2CO)c2ncnc(OCc3ccccc3)c21. The first-order valence-corrected chi connectivity index (χ1v) is 15.9. The van der Waals surface area contributed by atoms with Crippen LogP contribution in [0.2, 0.25) is 25.7 Å². The van der Waals surface area contributed by atoms with E-state index in [0.717, 1.165) is 44.6 Å². The van der Waals surface area contributed by atoms with E-state index in [0.29, 0.717) is 19.2 Å². The van der Waals surface area contributed by atoms with Crippen LogP contribution >= 0.6 is 11.8 Å². The third-order valence-electron chi connectivity index (χ3n) is 5.39. The second-order valence-corrected chi connectivity index (χ2v) is 16.0. The number of hydrogen-bond acceptors (Lipinski definition) is 6. The molecule has 4 rings (SSSR count). The number of fused-ring (bicyclic) bond motifs is 1. The zero-order valence-corrected chi connectivity index (χ0v) is 21.7. The summed E-state index contributed by atoms with van der Waals surface area (Å²) >= 11 is 1.58. The quantitative estimate of drug-likeness (QED) is 0.205. The van der Waals surface area contributed by atoms with Gasteiger partial charge < -0.3 is 19.1 Å². The Morgan fingerprint density at radius 2 is 1.74 bits per heavy atom. The van der Waals surface area contributed by atoms with Crippen molar-refractivity contribution < 1.29 is 14.6 Å². The average Bonchev–Trinajstić information content (AvgIpc) is 3.19. The largest absolute Gasteiger partial charge is 0.471 e. The molecule has 0 fully saturated rings. The van der Waals surface area contributed by atoms with Crippen molar-refractivity contribution in [3.63, 3.8) is 0 Å². The number of benzene rings is 2. The van der Waals surface area contributed by atoms with Gasteiger partial charge in [-0.3, -0.25) is 0 Å². The summed E-state index contributed by atoms with van der Waals surface area (Å²) in [4.78, 5) is 11.0. The molecule has 0 atom stereocenters. The van der Waals surface area contributed by atoms with Gasteiger partial charge in [-0.2, -0.15) is 4.98 Å². The molecule has 0 bridgehead atoms. The molecule has 178 valence electrons. The molecule has 0 saturated carbocycles. The molecule has 34 heavy (non-hydrogen) atoms. The molecule has 0 saturated heterocycles. The zero-order chi connectivity index (χ0) is 24.0. The Kier molecular flexibility index (Phi) is 8.05. The van der Waals surface area contributed by atoms with Crippen LogP contribution in [0.1, 0.15) is 11.1 Å². The highest BCUT2D eigenvalue weighted by atomic mass is 32.2. The van der Waals surface area contributed by atoms with Gasteiger partial charge in [-0.05, 0) is 23.2 Å². The molecule has 6 nitrogen and oxygen atoms in total. The Morgan fingerprint density at radius 3 is 2.50 bits per heavy atom. The second kappa shape index (κ2) is 11.2. The van der Waals surface area contributed by atoms with E-state index >= 15 is 0 Å². The summed E-state index contributed by atoms with van der Waals surface area (Å²) in [5, 5.41) is 9.77. The average molecular weight is 494 g/mol. The Hall–Kier alpha value is -2.65. The predicted octanol–water partition coefficient (Wildman–Crippen LogP) is 5.97. The predicted molar refractivity (Wildman–Crippen MR) is 139 cm³/mol. The van der Waals surface area contributed by atoms with Crippen molar-refractivity contribution in [2.45, 2.75) is 55.4 Å². The molecule has 8 heteroatoms. The van der Waals surface area contributed by atoms with Gasteiger partial charge in [0.05, 0.1) is 11.5 Å². The Balaban J connectivity index is 1.65. The van der Waals surface area contributed by atoms with Crippen LogP contribution in [0.15, 0.2) is 76.9 Å². The Labute approximate surface area is 206 Å². The van der Waals surface area contributed by atoms with Crippen LogP contribution in [-0.4, -0.2) is 34.3 Å². The van der Waals surface area contributed by atoms with Gasteiger partial charge in [0.25, 0.3) is 0 Å². The number of rotatable bonds is 11. The molecule has 1 N–H and O–H groups in total. The summed E-state index contributed by atoms with van der Waals surface area (Å²) in [7, 11) is -1.18. The fraction of sp³-hybridized carbons (Fsp3) is 0.308. The summed E-state index contributed by atoms with van der Waals surface area (Å²) in [5.41, 5.74) is 3.58. The number of nitrogens with zero attached hydrogens (tertiary/aromatic N) is 3. The van der Waals surface area contributed by atoms with Crippen molar-refractivity contribution in [1.82, 2.24) is 14.5 Å². The zero-order valence-electron chi connectivity index (χ0n) is 19.9. The molecule has 0 aliphatic heterocycles. The number of aromatic nitrogens is 3. The molecule has 2 heterocycles. The fourth-order valence-corrected chi connectivity index (χ4v) is 5.30. The smallest absolute Gasteiger partial charge is 0.242 e. The van der Waals surface area contributed by atoms with Crippen molar-refractivity contribution in [1.29, 1.82) is 0 Å². The summed E-state index contributed by atoms with van der Waals surface area (Å²) in [6.07, 6.45) is 3.59. The van der Waals surface area contributed by atoms with E-state index in [2.05, 4.69) is 29.6 Å². The molecule has 0 amide bonds. The van der Waals surface area contributed by atoms with E-state index in [1.165, 1.54) is 0 Å². The first-order valence-electron chi connectivity index (χ1n) is 11.4. The lowest BCUT2D eigenvalue weighted by Gasteiger charge is -2.16. The fourth-order valence-electron chi connectivity index (χ4n) is 3.47. The van der Waals surface area contributed by atoms with Gasteiger partial charge in [-0.1, -0.05) is 79.9 Å². The third kappa shape index (κ3) is 6.27. The van der Waals surface area contributed by atoms with E-state index in [1.54, 1.807) is 18.1 Å². The van der Waals surface area contributed by atoms with Crippen molar-refractivity contribution in [2.75, 3.05) is 6.61 Å². The lowest BCUT2D eigenvalue weighted by molar-refractivity contribution is 0.0895. The van der Waals surface area contributed by atoms with Gasteiger partial charge in [-0.25, -0.2) is 4.98 Å². The minimum atomic E-state index is -1.18. The first kappa shape index (κ1) is 24.5. The highest BCUT2D eigenvalue weighted by Gasteiger charge is 2.19. The van der Waals surface area contributed by atoms with Gasteiger partial charge in [0.2, 0.25) is 5.88 Å². The van der Waals surface area contributed by atoms with Gasteiger partial charge in [-0.15, -0.1) is 0 Å². The lowest BCUT2D eigenvalue weighted by atomic mass is 10.2. The highest BCUT2D eigenvalue weighted by Crippen LogP contribution is 2.38. The number of ether oxygens (including phenoxy) is 2. The van der Waals surface area contributed by atoms with Crippen LogP contribution in [0, 0.1) is 0 Å². The van der Waals surface area contributed by atoms with Gasteiger partial charge >= 0.3 is 0 Å². The maximum absolute atomic E-state index is 9.77. The van der Waals surface area contributed by atoms with Crippen molar-refractivity contribution in [2.24, 2.45) is 0 Å². The van der Waals surface area contributed by atoms with E-state index < -0.39 is 8.07 Å². The number of aliphatic hydroxyl groups is 1. The van der Waals surface area contributed by atoms with E-state index in [-0.39, 0.29) is 6.61 Å². The van der Waals surface area contributed by atoms with Crippen LogP contribution in [-0.2, 0) is 24.7 Å². The van der Waals surface area contributed by atoms with Crippen molar-refractivity contribution >= 4 is 30.9 Å². The Morgan fingerprint density at radius 1 is 0.971 bits per heavy atom. The van der Waals surface area contributed by atoms with E-state index in [4.69, 9.17) is 9.47 Å². The number of hydrogen-bond donors (Lipinski definition) is 1. The molecule has 0 spiro atoms. The van der Waals surface area contributed by atoms with Crippen LogP contribution in [0.25, 0.3) is 11.0 Å². The molecule has 2 aromatic carbocycles. The Bertz CT molecular complexity index is 1230. The standard InChI is InChI=1S/C26H31N3O3SSi/c1-34(2,3)14-13-31-19-29-15-23(33-22-12-8-7-11-21(22)16-30)24-25(29)26(28-18-27-24)32-17-20-9-5-4-6-10-20/h4-12,15,18,30H,13-14,16-17,19H2,1-3H3. The maximum Gasteiger partial charge on any atom is 0.242 e. The topological polar surface area (TPSA) is 69.4 Å². The number of aliphatic hydroxyl groups excluding tert-OH is 1. The molecule has 0 aliphatic carbocycles. The lowest BCUT2D eigenvalue weighted by Crippen LogP contribution is -2.22. The van der Waals surface area contributed by atoms with Gasteiger partial charge in [0.1, 0.15) is 30.7 Å². The molecular formula is C26H31N3O3SSi. The van der Waals surface area contributed by atoms with Gasteiger partial charge in [0.15, 0.2) is 0 Å². The molecule has 0 aliphatic rings. The minimum absolute atomic E-state index is 0.0119. The van der Waals surface area contributed by atoms with Gasteiger partial charge in [0, 0.05) is 25.8 Å². The van der Waals surface area contributed by atoms with Crippen molar-refractivity contribution in [3.8, 4) is 5.88 Å². The molecule has 4 aromatic rings. The third-order valence-corrected chi connectivity index (χ3v) is 8.23. The van der Waals surface area contributed by atoms with Crippen LogP contribution in [0.5, 0.6) is 5.88 Å². The second-order valence-electron chi connectivity index (χ2n) is 9.33. The van der Waals surface area contributed by atoms with Crippen LogP contribution in [0.4, 0.5) is 0 Å². The minimum Gasteiger partial charge on any atom is -0.471 e. The van der Waals surface area contributed by atoms with Crippen molar-refractivity contribution in [3.05, 3.63) is 78.2 Å². The first-order chi connectivity index (χ1) is 16.4. The van der Waals surface area contributed by atoms with E-state index in [1.807, 2.05) is 65.4 Å². The van der Waals surface area contributed by atoms with Crippen LogP contribution in [0.3, 0.4) is 0 Å². The summed E-state index contributed by atoms with van der Waals surface area (Å²) in [6.45, 7) is 8.57. The normalized spacial score (nSPS) is 11.8. The summed E-state index contributed by atoms with van der Waals surface area (Å²) in [5.74, 6) is 0.532. The highest BCUT2D eigenvalue weighted by molar-refractivity contribution is 7.99. The maximum atomic E-state index is 9.77. The molecule has 0 unspecified atom stereocenters. The molecule has 0 radical (unpaired) electrons. The molecule has 2 aromatic heterocycles. The molecular weight excluding hydrogens is 462 g/mol. The monoisotopic (exact) mass is 493 g/mol. The summed E-state index contributed by atoms with van der Waals surface area (Å²) in [6, 6.07) is 19.0. The van der Waals surface area contributed by atoms with Crippen LogP contribution < -0.4 is 4.74 Å². The van der Waals surface area contributed by atoms with E-state index in [9.17, 15) is 5.11 Å². The summed E-state index contributed by atoms with van der Waals surface area (Å²) < 4.78 is 14.2.